The van der Waals surface area contributed by atoms with Crippen LogP contribution < -0.4 is 0 Å². The second kappa shape index (κ2) is 137. The fourth-order valence-electron chi connectivity index (χ4n) is 0. The van der Waals surface area contributed by atoms with Crippen LogP contribution in [0.25, 0.3) is 0 Å². The van der Waals surface area contributed by atoms with E-state index in [0.717, 1.165) is 0 Å². The highest BCUT2D eigenvalue weighted by molar-refractivity contribution is 7.00. The molecule has 0 bridgehead atoms. The summed E-state index contributed by atoms with van der Waals surface area (Å²) in [7, 11) is 1.72. The van der Waals surface area contributed by atoms with E-state index in [1.54, 1.807) is 9.12 Å². The molecule has 0 aliphatic rings. The molecule has 0 N–H and O–H groups in total. The van der Waals surface area contributed by atoms with Crippen LogP contribution in [0.3, 0.4) is 0 Å². The second-order valence-electron chi connectivity index (χ2n) is 0. The smallest absolute Gasteiger partial charge is 0.138 e. The monoisotopic (exact) mass is 136 g/mol. The molecular weight excluding hydrogens is 130 g/mol. The lowest BCUT2D eigenvalue weighted by molar-refractivity contribution is 0.607. The summed E-state index contributed by atoms with van der Waals surface area (Å²) in [6.45, 7) is 0. The Balaban J connectivity index is -0.00000000167. The molecule has 0 fully saturated rings. The van der Waals surface area contributed by atoms with Crippen molar-refractivity contribution < 1.29 is 4.57 Å². The van der Waals surface area contributed by atoms with Crippen LogP contribution in [-0.4, -0.2) is 0 Å². The number of rotatable bonds is 0. The van der Waals surface area contributed by atoms with Gasteiger partial charge in [-0.2, -0.15) is 0 Å². The molecule has 0 radical (unpaired) electrons. The van der Waals surface area contributed by atoms with Crippen molar-refractivity contribution in [2.24, 2.45) is 0 Å². The largest absolute Gasteiger partial charge is 0.279 e. The summed E-state index contributed by atoms with van der Waals surface area (Å²) in [5, 5.41) is 0. The fourth-order valence-corrected chi connectivity index (χ4v) is 0. The minimum atomic E-state index is 0. The summed E-state index contributed by atoms with van der Waals surface area (Å²) in [6, 6.07) is 0. The fraction of sp³-hybridized carbons (Fsp3) is 1.00. The first-order valence-corrected chi connectivity index (χ1v) is 0.612. The summed E-state index contributed by atoms with van der Waals surface area (Å²) in [4.78, 5) is 0. The zero-order valence-corrected chi connectivity index (χ0v) is 4.36. The van der Waals surface area contributed by atoms with Gasteiger partial charge in [0.2, 0.25) is 0 Å². The van der Waals surface area contributed by atoms with Gasteiger partial charge in [0.05, 0.1) is 0 Å². The average molecular weight is 137 g/mol. The lowest BCUT2D eigenvalue weighted by atomic mass is 12.0. The van der Waals surface area contributed by atoms with E-state index < -0.39 is 0 Å². The quantitative estimate of drug-likeness (QED) is 0.466. The van der Waals surface area contributed by atoms with Gasteiger partial charge in [-0.15, -0.1) is 24.8 Å². The molecule has 0 rings (SSSR count). The Labute approximate surface area is 46.6 Å². The Kier molecular flexibility index (Phi) is 1210. The van der Waals surface area contributed by atoms with Crippen LogP contribution in [0.2, 0.25) is 0 Å². The highest BCUT2D eigenvalue weighted by Gasteiger charge is 0.667. The van der Waals surface area contributed by atoms with Gasteiger partial charge >= 0.3 is 0 Å². The molecule has 36 valence electrons. The summed E-state index contributed by atoms with van der Waals surface area (Å²) in [6.07, 6.45) is 0. The first kappa shape index (κ1) is 44.1. The van der Waals surface area contributed by atoms with Gasteiger partial charge in [-0.05, 0) is 0 Å². The van der Waals surface area contributed by atoms with Crippen LogP contribution in [-0.2, 0) is 4.57 Å². The average Bonchev–Trinajstić information content (AvgIpc) is 1.00. The molecule has 0 spiro atoms. The van der Waals surface area contributed by atoms with Crippen molar-refractivity contribution in [3.8, 4) is 0 Å². The highest BCUT2D eigenvalue weighted by atomic mass is 35.5. The highest BCUT2D eigenvalue weighted by Crippen LogP contribution is 1.23. The molecule has 4 heteroatoms. The standard InChI is InChI=1S/CH4.2ClH.HOP/c;;;1-2/h1H4;2*1H;2H. The normalized spacial score (nSPS) is 0.800. The molecule has 0 heterocycles. The first-order valence-electron chi connectivity index (χ1n) is 0.204. The van der Waals surface area contributed by atoms with Gasteiger partial charge in [0.25, 0.3) is 0 Å². The van der Waals surface area contributed by atoms with Crippen molar-refractivity contribution in [1.82, 2.24) is 0 Å². The Morgan fingerprint density at radius 2 is 1.00 bits per heavy atom. The van der Waals surface area contributed by atoms with Crippen molar-refractivity contribution in [1.29, 1.82) is 0 Å². The van der Waals surface area contributed by atoms with Gasteiger partial charge in [-0.25, -0.2) is 0 Å². The number of hydrogen-bond acceptors (Lipinski definition) is 1. The van der Waals surface area contributed by atoms with E-state index in [1.165, 1.54) is 0 Å². The second-order valence-corrected chi connectivity index (χ2v) is 0. The van der Waals surface area contributed by atoms with E-state index in [0.29, 0.717) is 0 Å². The van der Waals surface area contributed by atoms with Crippen LogP contribution in [0.4, 0.5) is 0 Å². The van der Waals surface area contributed by atoms with Crippen LogP contribution in [0.5, 0.6) is 0 Å². The summed E-state index contributed by atoms with van der Waals surface area (Å²) in [5.74, 6) is 0. The molecule has 0 unspecified atom stereocenters. The first-order chi connectivity index (χ1) is 1.00. The molecular formula is CH7Cl2OP. The van der Waals surface area contributed by atoms with E-state index in [9.17, 15) is 0 Å². The molecule has 0 aliphatic carbocycles. The van der Waals surface area contributed by atoms with Crippen LogP contribution >= 0.6 is 33.9 Å². The van der Waals surface area contributed by atoms with Crippen LogP contribution in [0.15, 0.2) is 0 Å². The summed E-state index contributed by atoms with van der Waals surface area (Å²) in [5.41, 5.74) is 0. The predicted molar refractivity (Wildman–Crippen MR) is 30.2 cm³/mol. The Bertz CT molecular complexity index is 9.61. The third kappa shape index (κ3) is 72.7. The van der Waals surface area contributed by atoms with Crippen molar-refractivity contribution in [2.75, 3.05) is 0 Å². The van der Waals surface area contributed by atoms with Gasteiger partial charge in [0.1, 0.15) is 9.12 Å². The third-order valence-electron chi connectivity index (χ3n) is 0. The SMILES string of the molecule is C.Cl.Cl.O=P. The van der Waals surface area contributed by atoms with Gasteiger partial charge in [0.15, 0.2) is 0 Å². The Morgan fingerprint density at radius 1 is 1.00 bits per heavy atom. The molecule has 0 aromatic carbocycles. The Hall–Kier alpha value is 0.680. The van der Waals surface area contributed by atoms with E-state index in [-0.39, 0.29) is 32.2 Å². The molecule has 0 amide bonds. The molecule has 0 atom stereocenters. The van der Waals surface area contributed by atoms with E-state index in [4.69, 9.17) is 4.57 Å². The Morgan fingerprint density at radius 3 is 1.00 bits per heavy atom. The summed E-state index contributed by atoms with van der Waals surface area (Å²) >= 11 is 0. The van der Waals surface area contributed by atoms with E-state index >= 15 is 0 Å². The van der Waals surface area contributed by atoms with Gasteiger partial charge in [-0.3, -0.25) is 4.57 Å². The number of hydrogen-bond donors (Lipinski definition) is 0. The van der Waals surface area contributed by atoms with E-state index in [2.05, 4.69) is 0 Å². The topological polar surface area (TPSA) is 17.1 Å². The van der Waals surface area contributed by atoms with Crippen molar-refractivity contribution >= 4 is 33.9 Å². The molecule has 5 heavy (non-hydrogen) atoms. The number of halogens is 2. The van der Waals surface area contributed by atoms with Gasteiger partial charge in [0, 0.05) is 0 Å². The van der Waals surface area contributed by atoms with Gasteiger partial charge < -0.3 is 0 Å². The van der Waals surface area contributed by atoms with Gasteiger partial charge in [-0.1, -0.05) is 7.43 Å². The zero-order chi connectivity index (χ0) is 2.00. The lowest BCUT2D eigenvalue weighted by Gasteiger charge is -0.807. The molecule has 0 aromatic rings. The molecule has 0 saturated carbocycles. The van der Waals surface area contributed by atoms with Crippen LogP contribution in [0.1, 0.15) is 7.43 Å². The maximum absolute atomic E-state index is 8.06. The van der Waals surface area contributed by atoms with Crippen molar-refractivity contribution in [3.05, 3.63) is 0 Å². The molecule has 0 aromatic heterocycles. The van der Waals surface area contributed by atoms with E-state index in [1.807, 2.05) is 0 Å². The third-order valence-corrected chi connectivity index (χ3v) is 0. The summed E-state index contributed by atoms with van der Waals surface area (Å²) < 4.78 is 8.06. The maximum atomic E-state index is 8.06. The van der Waals surface area contributed by atoms with Crippen molar-refractivity contribution in [3.63, 3.8) is 0 Å². The molecule has 1 nitrogen and oxygen atoms in total. The minimum Gasteiger partial charge on any atom is -0.279 e. The predicted octanol–water partition coefficient (Wildman–Crippen LogP) is 1.95. The minimum absolute atomic E-state index is 0. The maximum Gasteiger partial charge on any atom is 0.138 e. The zero-order valence-electron chi connectivity index (χ0n) is 1.72. The van der Waals surface area contributed by atoms with Crippen molar-refractivity contribution in [2.45, 2.75) is 7.43 Å². The lowest BCUT2D eigenvalue weighted by Crippen LogP contribution is -0.489. The molecule has 0 saturated heterocycles. The molecule has 0 aliphatic heterocycles. The van der Waals surface area contributed by atoms with Crippen LogP contribution in [0, 0.1) is 0 Å².